The maximum atomic E-state index is 12.9. The minimum absolute atomic E-state index is 0.0275. The molecule has 6 heteroatoms. The van der Waals surface area contributed by atoms with E-state index in [-0.39, 0.29) is 22.5 Å². The molecule has 1 N–H and O–H groups in total. The number of amides is 1. The van der Waals surface area contributed by atoms with Crippen molar-refractivity contribution in [3.05, 3.63) is 70.2 Å². The zero-order valence-corrected chi connectivity index (χ0v) is 17.1. The number of benzene rings is 2. The molecule has 0 bridgehead atoms. The number of hydrogen-bond acceptors (Lipinski definition) is 1. The van der Waals surface area contributed by atoms with E-state index in [0.717, 1.165) is 50.3 Å². The predicted molar refractivity (Wildman–Crippen MR) is 109 cm³/mol. The Kier molecular flexibility index (Phi) is 6.89. The molecule has 1 amide bonds. The first-order valence-corrected chi connectivity index (χ1v) is 10.3. The van der Waals surface area contributed by atoms with E-state index in [9.17, 15) is 18.0 Å². The summed E-state index contributed by atoms with van der Waals surface area (Å²) in [5.74, 6) is 0.314. The molecular weight excluding hydrogens is 399 g/mol. The van der Waals surface area contributed by atoms with Crippen LogP contribution in [0.5, 0.6) is 0 Å². The van der Waals surface area contributed by atoms with Gasteiger partial charge in [-0.1, -0.05) is 48.9 Å². The fourth-order valence-corrected chi connectivity index (χ4v) is 4.32. The molecule has 1 aliphatic rings. The Labute approximate surface area is 174 Å². The van der Waals surface area contributed by atoms with E-state index < -0.39 is 17.6 Å². The molecule has 3 rings (SSSR count). The summed E-state index contributed by atoms with van der Waals surface area (Å²) in [6.45, 7) is 2.09. The van der Waals surface area contributed by atoms with Crippen molar-refractivity contribution in [2.75, 3.05) is 0 Å². The van der Waals surface area contributed by atoms with Gasteiger partial charge in [0.15, 0.2) is 0 Å². The van der Waals surface area contributed by atoms with Crippen LogP contribution in [0.1, 0.15) is 54.1 Å². The van der Waals surface area contributed by atoms with Gasteiger partial charge in [-0.3, -0.25) is 4.79 Å². The average molecular weight is 424 g/mol. The largest absolute Gasteiger partial charge is 0.416 e. The van der Waals surface area contributed by atoms with Crippen molar-refractivity contribution in [1.29, 1.82) is 0 Å². The van der Waals surface area contributed by atoms with Crippen LogP contribution < -0.4 is 5.32 Å². The first kappa shape index (κ1) is 21.7. The molecule has 1 aliphatic carbocycles. The molecule has 0 saturated heterocycles. The number of aryl methyl sites for hydroxylation is 1. The molecule has 0 heterocycles. The van der Waals surface area contributed by atoms with Crippen LogP contribution in [0.3, 0.4) is 0 Å². The minimum atomic E-state index is -4.51. The summed E-state index contributed by atoms with van der Waals surface area (Å²) in [6, 6.07) is 13.2. The molecule has 2 aromatic carbocycles. The SMILES string of the molecule is C[C@H]1CC(CCc2ccccc2)CCC1NC(=O)c1cc(C(F)(F)F)ccc1Cl. The molecule has 0 aromatic heterocycles. The summed E-state index contributed by atoms with van der Waals surface area (Å²) in [5, 5.41) is 2.94. The van der Waals surface area contributed by atoms with Gasteiger partial charge < -0.3 is 5.32 Å². The van der Waals surface area contributed by atoms with Gasteiger partial charge in [-0.05, 0) is 67.7 Å². The lowest BCUT2D eigenvalue weighted by molar-refractivity contribution is -0.137. The number of rotatable bonds is 5. The van der Waals surface area contributed by atoms with Gasteiger partial charge in [0.25, 0.3) is 5.91 Å². The first-order valence-electron chi connectivity index (χ1n) is 9.95. The summed E-state index contributed by atoms with van der Waals surface area (Å²) in [7, 11) is 0. The molecule has 156 valence electrons. The average Bonchev–Trinajstić information content (AvgIpc) is 2.68. The molecule has 0 spiro atoms. The Bertz CT molecular complexity index is 838. The molecule has 2 unspecified atom stereocenters. The van der Waals surface area contributed by atoms with Gasteiger partial charge in [0.2, 0.25) is 0 Å². The van der Waals surface area contributed by atoms with E-state index in [1.807, 2.05) is 18.2 Å². The Hall–Kier alpha value is -2.01. The van der Waals surface area contributed by atoms with Gasteiger partial charge in [-0.15, -0.1) is 0 Å². The normalized spacial score (nSPS) is 22.3. The van der Waals surface area contributed by atoms with Crippen LogP contribution in [-0.2, 0) is 12.6 Å². The van der Waals surface area contributed by atoms with Gasteiger partial charge >= 0.3 is 6.18 Å². The number of hydrogen-bond donors (Lipinski definition) is 1. The van der Waals surface area contributed by atoms with E-state index >= 15 is 0 Å². The lowest BCUT2D eigenvalue weighted by Gasteiger charge is -2.35. The number of carbonyl (C=O) groups is 1. The topological polar surface area (TPSA) is 29.1 Å². The fourth-order valence-electron chi connectivity index (χ4n) is 4.12. The van der Waals surface area contributed by atoms with Crippen LogP contribution in [0.4, 0.5) is 13.2 Å². The summed E-state index contributed by atoms with van der Waals surface area (Å²) in [6.07, 6.45) is 0.447. The molecule has 29 heavy (non-hydrogen) atoms. The van der Waals surface area contributed by atoms with Gasteiger partial charge in [0.05, 0.1) is 16.1 Å². The molecule has 2 aromatic rings. The molecule has 2 nitrogen and oxygen atoms in total. The van der Waals surface area contributed by atoms with Crippen molar-refractivity contribution < 1.29 is 18.0 Å². The van der Waals surface area contributed by atoms with Gasteiger partial charge in [0.1, 0.15) is 0 Å². The first-order chi connectivity index (χ1) is 13.7. The smallest absolute Gasteiger partial charge is 0.349 e. The van der Waals surface area contributed by atoms with E-state index in [4.69, 9.17) is 11.6 Å². The quantitative estimate of drug-likeness (QED) is 0.582. The lowest BCUT2D eigenvalue weighted by atomic mass is 9.76. The molecule has 1 saturated carbocycles. The Balaban J connectivity index is 1.57. The summed E-state index contributed by atoms with van der Waals surface area (Å²) >= 11 is 5.99. The summed E-state index contributed by atoms with van der Waals surface area (Å²) in [4.78, 5) is 12.6. The third kappa shape index (κ3) is 5.75. The second kappa shape index (κ2) is 9.21. The highest BCUT2D eigenvalue weighted by Crippen LogP contribution is 2.34. The molecule has 0 aliphatic heterocycles. The Morgan fingerprint density at radius 3 is 2.52 bits per heavy atom. The molecule has 1 fully saturated rings. The number of alkyl halides is 3. The van der Waals surface area contributed by atoms with Crippen LogP contribution >= 0.6 is 11.6 Å². The zero-order chi connectivity index (χ0) is 21.0. The Morgan fingerprint density at radius 1 is 1.14 bits per heavy atom. The van der Waals surface area contributed by atoms with Crippen LogP contribution in [0.2, 0.25) is 5.02 Å². The maximum Gasteiger partial charge on any atom is 0.416 e. The van der Waals surface area contributed by atoms with Crippen molar-refractivity contribution in [3.63, 3.8) is 0 Å². The van der Waals surface area contributed by atoms with Crippen molar-refractivity contribution in [2.45, 2.75) is 51.2 Å². The minimum Gasteiger partial charge on any atom is -0.349 e. The monoisotopic (exact) mass is 423 g/mol. The number of nitrogens with one attached hydrogen (secondary N) is 1. The molecule has 0 radical (unpaired) electrons. The molecule has 3 atom stereocenters. The van der Waals surface area contributed by atoms with Crippen molar-refractivity contribution >= 4 is 17.5 Å². The number of halogens is 4. The zero-order valence-electron chi connectivity index (χ0n) is 16.3. The van der Waals surface area contributed by atoms with E-state index in [1.54, 1.807) is 0 Å². The van der Waals surface area contributed by atoms with Crippen LogP contribution in [0.25, 0.3) is 0 Å². The third-order valence-electron chi connectivity index (χ3n) is 5.82. The van der Waals surface area contributed by atoms with E-state index in [2.05, 4.69) is 24.4 Å². The second-order valence-corrected chi connectivity index (χ2v) is 8.36. The van der Waals surface area contributed by atoms with Crippen molar-refractivity contribution in [3.8, 4) is 0 Å². The second-order valence-electron chi connectivity index (χ2n) is 7.95. The highest BCUT2D eigenvalue weighted by atomic mass is 35.5. The highest BCUT2D eigenvalue weighted by molar-refractivity contribution is 6.33. The lowest BCUT2D eigenvalue weighted by Crippen LogP contribution is -2.43. The van der Waals surface area contributed by atoms with E-state index in [0.29, 0.717) is 5.92 Å². The summed E-state index contributed by atoms with van der Waals surface area (Å²) in [5.41, 5.74) is 0.333. The van der Waals surface area contributed by atoms with Crippen molar-refractivity contribution in [1.82, 2.24) is 5.32 Å². The van der Waals surface area contributed by atoms with Gasteiger partial charge in [0, 0.05) is 6.04 Å². The van der Waals surface area contributed by atoms with Gasteiger partial charge in [-0.2, -0.15) is 13.2 Å². The standard InChI is InChI=1S/C23H25ClF3NO/c1-15-13-17(8-7-16-5-3-2-4-6-16)9-12-21(15)28-22(29)19-14-18(23(25,26)27)10-11-20(19)24/h2-6,10-11,14-15,17,21H,7-9,12-13H2,1H3,(H,28,29)/t15-,17?,21?/m0/s1. The van der Waals surface area contributed by atoms with E-state index in [1.165, 1.54) is 5.56 Å². The van der Waals surface area contributed by atoms with Crippen LogP contribution in [0.15, 0.2) is 48.5 Å². The number of carbonyl (C=O) groups excluding carboxylic acids is 1. The van der Waals surface area contributed by atoms with Crippen molar-refractivity contribution in [2.24, 2.45) is 11.8 Å². The third-order valence-corrected chi connectivity index (χ3v) is 6.15. The highest BCUT2D eigenvalue weighted by Gasteiger charge is 2.33. The van der Waals surface area contributed by atoms with Crippen LogP contribution in [-0.4, -0.2) is 11.9 Å². The predicted octanol–water partition coefficient (Wildman–Crippen LogP) is 6.53. The van der Waals surface area contributed by atoms with Gasteiger partial charge in [-0.25, -0.2) is 0 Å². The fraction of sp³-hybridized carbons (Fsp3) is 0.435. The van der Waals surface area contributed by atoms with Crippen LogP contribution in [0, 0.1) is 11.8 Å². The Morgan fingerprint density at radius 2 is 1.86 bits per heavy atom. The maximum absolute atomic E-state index is 12.9. The molecular formula is C23H25ClF3NO. The summed E-state index contributed by atoms with van der Waals surface area (Å²) < 4.78 is 38.8.